The number of hydrogen-bond donors (Lipinski definition) is 1. The van der Waals surface area contributed by atoms with Crippen LogP contribution in [-0.2, 0) is 6.61 Å². The van der Waals surface area contributed by atoms with Gasteiger partial charge in [-0.05, 0) is 87.7 Å². The molecule has 1 N–H and O–H groups in total. The lowest BCUT2D eigenvalue weighted by atomic mass is 10.2. The van der Waals surface area contributed by atoms with Crippen LogP contribution < -0.4 is 14.9 Å². The average molecular weight is 529 g/mol. The van der Waals surface area contributed by atoms with Crippen molar-refractivity contribution in [2.24, 2.45) is 5.10 Å². The molecule has 0 unspecified atom stereocenters. The van der Waals surface area contributed by atoms with E-state index in [0.29, 0.717) is 33.7 Å². The van der Waals surface area contributed by atoms with Gasteiger partial charge in [-0.15, -0.1) is 0 Å². The van der Waals surface area contributed by atoms with Gasteiger partial charge >= 0.3 is 5.97 Å². The molecular formula is C28H21BrN2O4. The van der Waals surface area contributed by atoms with Crippen LogP contribution in [0.1, 0.15) is 31.8 Å². The Kier molecular flexibility index (Phi) is 8.04. The third-order valence-electron chi connectivity index (χ3n) is 4.93. The molecule has 0 aliphatic carbocycles. The zero-order valence-electron chi connectivity index (χ0n) is 18.6. The molecule has 0 saturated heterocycles. The van der Waals surface area contributed by atoms with Gasteiger partial charge in [0.25, 0.3) is 5.91 Å². The van der Waals surface area contributed by atoms with E-state index in [-0.39, 0.29) is 5.91 Å². The number of nitrogens with zero attached hydrogens (tertiary/aromatic N) is 1. The second-order valence-corrected chi connectivity index (χ2v) is 8.29. The Morgan fingerprint density at radius 3 is 2.17 bits per heavy atom. The summed E-state index contributed by atoms with van der Waals surface area (Å²) in [5.41, 5.74) is 5.20. The zero-order valence-corrected chi connectivity index (χ0v) is 20.1. The number of hydrazone groups is 1. The van der Waals surface area contributed by atoms with Gasteiger partial charge in [-0.25, -0.2) is 10.2 Å². The molecule has 4 aromatic carbocycles. The van der Waals surface area contributed by atoms with Crippen LogP contribution in [0.2, 0.25) is 0 Å². The van der Waals surface area contributed by atoms with Crippen molar-refractivity contribution in [3.63, 3.8) is 0 Å². The van der Waals surface area contributed by atoms with Crippen molar-refractivity contribution in [3.05, 3.63) is 130 Å². The maximum absolute atomic E-state index is 12.3. The fraction of sp³-hybridized carbons (Fsp3) is 0.0357. The monoisotopic (exact) mass is 528 g/mol. The van der Waals surface area contributed by atoms with Gasteiger partial charge in [0.1, 0.15) is 18.1 Å². The minimum atomic E-state index is -0.456. The Morgan fingerprint density at radius 1 is 0.800 bits per heavy atom. The summed E-state index contributed by atoms with van der Waals surface area (Å²) in [6.45, 7) is 0.457. The number of halogens is 1. The highest BCUT2D eigenvalue weighted by molar-refractivity contribution is 9.10. The van der Waals surface area contributed by atoms with E-state index in [1.54, 1.807) is 66.7 Å². The summed E-state index contributed by atoms with van der Waals surface area (Å²) in [4.78, 5) is 24.6. The van der Waals surface area contributed by atoms with Gasteiger partial charge in [-0.1, -0.05) is 42.5 Å². The largest absolute Gasteiger partial charge is 0.489 e. The quantitative estimate of drug-likeness (QED) is 0.131. The molecule has 0 aromatic heterocycles. The van der Waals surface area contributed by atoms with Crippen LogP contribution in [0, 0.1) is 0 Å². The molecule has 4 aromatic rings. The van der Waals surface area contributed by atoms with Crippen molar-refractivity contribution in [2.45, 2.75) is 6.61 Å². The van der Waals surface area contributed by atoms with Crippen molar-refractivity contribution in [1.29, 1.82) is 0 Å². The van der Waals surface area contributed by atoms with E-state index in [4.69, 9.17) is 9.47 Å². The van der Waals surface area contributed by atoms with Crippen molar-refractivity contribution in [1.82, 2.24) is 5.43 Å². The van der Waals surface area contributed by atoms with E-state index in [1.807, 2.05) is 36.4 Å². The molecule has 6 nitrogen and oxygen atoms in total. The molecule has 0 saturated carbocycles. The Labute approximate surface area is 211 Å². The molecule has 0 atom stereocenters. The van der Waals surface area contributed by atoms with Crippen LogP contribution in [-0.4, -0.2) is 18.1 Å². The standard InChI is InChI=1S/C28H21BrN2O4/c29-26-9-5-4-8-25(26)28(33)35-24-14-10-20(11-15-24)18-30-31-27(32)22-12-16-23(17-13-22)34-19-21-6-2-1-3-7-21/h1-18H,19H2,(H,31,32)/b30-18-. The first-order chi connectivity index (χ1) is 17.1. The second-order valence-electron chi connectivity index (χ2n) is 7.44. The third kappa shape index (κ3) is 6.88. The summed E-state index contributed by atoms with van der Waals surface area (Å²) < 4.78 is 11.8. The van der Waals surface area contributed by atoms with Gasteiger partial charge in [-0.2, -0.15) is 5.10 Å². The van der Waals surface area contributed by atoms with Gasteiger partial charge in [0.2, 0.25) is 0 Å². The molecule has 0 spiro atoms. The summed E-state index contributed by atoms with van der Waals surface area (Å²) in [7, 11) is 0. The van der Waals surface area contributed by atoms with Gasteiger partial charge < -0.3 is 9.47 Å². The number of rotatable bonds is 8. The maximum atomic E-state index is 12.3. The molecule has 0 aliphatic heterocycles. The molecule has 0 aliphatic rings. The highest BCUT2D eigenvalue weighted by Crippen LogP contribution is 2.19. The summed E-state index contributed by atoms with van der Waals surface area (Å²) in [5, 5.41) is 4.00. The summed E-state index contributed by atoms with van der Waals surface area (Å²) >= 11 is 3.34. The Bertz CT molecular complexity index is 1320. The van der Waals surface area contributed by atoms with Crippen LogP contribution in [0.5, 0.6) is 11.5 Å². The average Bonchev–Trinajstić information content (AvgIpc) is 2.89. The molecule has 0 bridgehead atoms. The van der Waals surface area contributed by atoms with E-state index >= 15 is 0 Å². The Hall–Kier alpha value is -4.23. The van der Waals surface area contributed by atoms with Crippen LogP contribution in [0.15, 0.2) is 113 Å². The predicted molar refractivity (Wildman–Crippen MR) is 138 cm³/mol. The van der Waals surface area contributed by atoms with Crippen LogP contribution in [0.4, 0.5) is 0 Å². The van der Waals surface area contributed by atoms with E-state index in [1.165, 1.54) is 6.21 Å². The molecular weight excluding hydrogens is 508 g/mol. The second kappa shape index (κ2) is 11.8. The van der Waals surface area contributed by atoms with Gasteiger partial charge in [-0.3, -0.25) is 4.79 Å². The first kappa shape index (κ1) is 23.9. The fourth-order valence-electron chi connectivity index (χ4n) is 3.08. The summed E-state index contributed by atoms with van der Waals surface area (Å²) in [6.07, 6.45) is 1.51. The number of hydrogen-bond acceptors (Lipinski definition) is 5. The Balaban J connectivity index is 1.26. The number of nitrogens with one attached hydrogen (secondary N) is 1. The fourth-order valence-corrected chi connectivity index (χ4v) is 3.53. The smallest absolute Gasteiger partial charge is 0.344 e. The molecule has 0 radical (unpaired) electrons. The highest BCUT2D eigenvalue weighted by atomic mass is 79.9. The van der Waals surface area contributed by atoms with Crippen LogP contribution in [0.3, 0.4) is 0 Å². The first-order valence-electron chi connectivity index (χ1n) is 10.8. The van der Waals surface area contributed by atoms with Crippen LogP contribution >= 0.6 is 15.9 Å². The van der Waals surface area contributed by atoms with Gasteiger partial charge in [0.05, 0.1) is 11.8 Å². The van der Waals surface area contributed by atoms with E-state index in [9.17, 15) is 9.59 Å². The summed E-state index contributed by atoms with van der Waals surface area (Å²) in [6, 6.07) is 30.5. The lowest BCUT2D eigenvalue weighted by Crippen LogP contribution is -2.17. The van der Waals surface area contributed by atoms with Crippen molar-refractivity contribution < 1.29 is 19.1 Å². The maximum Gasteiger partial charge on any atom is 0.344 e. The van der Waals surface area contributed by atoms with Crippen molar-refractivity contribution in [3.8, 4) is 11.5 Å². The van der Waals surface area contributed by atoms with E-state index in [0.717, 1.165) is 11.1 Å². The van der Waals surface area contributed by atoms with Gasteiger partial charge in [0, 0.05) is 10.0 Å². The van der Waals surface area contributed by atoms with E-state index < -0.39 is 5.97 Å². The number of carbonyl (C=O) groups excluding carboxylic acids is 2. The molecule has 0 fully saturated rings. The zero-order chi connectivity index (χ0) is 24.5. The van der Waals surface area contributed by atoms with Gasteiger partial charge in [0.15, 0.2) is 0 Å². The summed E-state index contributed by atoms with van der Waals surface area (Å²) in [5.74, 6) is 0.285. The number of carbonyl (C=O) groups is 2. The number of ether oxygens (including phenoxy) is 2. The Morgan fingerprint density at radius 2 is 1.46 bits per heavy atom. The minimum Gasteiger partial charge on any atom is -0.489 e. The van der Waals surface area contributed by atoms with E-state index in [2.05, 4.69) is 26.5 Å². The molecule has 174 valence electrons. The SMILES string of the molecule is O=C(N/N=C\c1ccc(OC(=O)c2ccccc2Br)cc1)c1ccc(OCc2ccccc2)cc1. The predicted octanol–water partition coefficient (Wildman–Crippen LogP) is 6.01. The molecule has 7 heteroatoms. The number of amides is 1. The molecule has 4 rings (SSSR count). The molecule has 0 heterocycles. The number of esters is 1. The highest BCUT2D eigenvalue weighted by Gasteiger charge is 2.11. The lowest BCUT2D eigenvalue weighted by Gasteiger charge is -2.07. The lowest BCUT2D eigenvalue weighted by molar-refractivity contribution is 0.0733. The van der Waals surface area contributed by atoms with Crippen LogP contribution in [0.25, 0.3) is 0 Å². The molecule has 1 amide bonds. The third-order valence-corrected chi connectivity index (χ3v) is 5.62. The van der Waals surface area contributed by atoms with Crippen molar-refractivity contribution >= 4 is 34.0 Å². The minimum absolute atomic E-state index is 0.338. The van der Waals surface area contributed by atoms with Crippen molar-refractivity contribution in [2.75, 3.05) is 0 Å². The first-order valence-corrected chi connectivity index (χ1v) is 11.5. The number of benzene rings is 4. The topological polar surface area (TPSA) is 77.0 Å². The molecule has 35 heavy (non-hydrogen) atoms. The normalized spacial score (nSPS) is 10.7.